The standard InChI is InChI=1S/C25H28O6/c1-3-29-24(27)22(25(28)30-4-2)17-20-15-13-19(14-16-20)11-8-12-23(26)31-18-21-9-6-5-7-10-21/h5-7,9-10,13-17H,3-4,8,11-12,18H2,1-2H3. The zero-order valence-corrected chi connectivity index (χ0v) is 18.0. The highest BCUT2D eigenvalue weighted by Gasteiger charge is 2.20. The van der Waals surface area contributed by atoms with Crippen molar-refractivity contribution in [3.63, 3.8) is 0 Å². The molecule has 0 aliphatic carbocycles. The summed E-state index contributed by atoms with van der Waals surface area (Å²) in [6.07, 6.45) is 3.18. The maximum absolute atomic E-state index is 12.0. The van der Waals surface area contributed by atoms with Gasteiger partial charge in [0, 0.05) is 6.42 Å². The Kier molecular flexibility index (Phi) is 10.0. The fourth-order valence-corrected chi connectivity index (χ4v) is 2.81. The summed E-state index contributed by atoms with van der Waals surface area (Å²) in [5.74, 6) is -1.64. The van der Waals surface area contributed by atoms with Gasteiger partial charge in [-0.25, -0.2) is 9.59 Å². The molecule has 6 heteroatoms. The molecular weight excluding hydrogens is 396 g/mol. The number of carbonyl (C=O) groups excluding carboxylic acids is 3. The molecule has 0 fully saturated rings. The van der Waals surface area contributed by atoms with E-state index in [1.165, 1.54) is 6.08 Å². The van der Waals surface area contributed by atoms with E-state index in [1.54, 1.807) is 13.8 Å². The van der Waals surface area contributed by atoms with E-state index in [9.17, 15) is 14.4 Å². The fourth-order valence-electron chi connectivity index (χ4n) is 2.81. The van der Waals surface area contributed by atoms with Crippen LogP contribution in [0.1, 0.15) is 43.4 Å². The summed E-state index contributed by atoms with van der Waals surface area (Å²) in [5.41, 5.74) is 2.55. The minimum Gasteiger partial charge on any atom is -0.462 e. The van der Waals surface area contributed by atoms with Gasteiger partial charge in [0.1, 0.15) is 12.2 Å². The summed E-state index contributed by atoms with van der Waals surface area (Å²) in [6, 6.07) is 17.0. The minimum atomic E-state index is -0.709. The highest BCUT2D eigenvalue weighted by atomic mass is 16.6. The highest BCUT2D eigenvalue weighted by molar-refractivity contribution is 6.17. The molecule has 0 saturated heterocycles. The topological polar surface area (TPSA) is 78.9 Å². The van der Waals surface area contributed by atoms with Crippen molar-refractivity contribution >= 4 is 24.0 Å². The number of rotatable bonds is 11. The number of aryl methyl sites for hydroxylation is 1. The van der Waals surface area contributed by atoms with Crippen LogP contribution in [0, 0.1) is 0 Å². The molecule has 2 rings (SSSR count). The first-order valence-corrected chi connectivity index (χ1v) is 10.4. The average Bonchev–Trinajstić information content (AvgIpc) is 2.78. The number of hydrogen-bond acceptors (Lipinski definition) is 6. The van der Waals surface area contributed by atoms with E-state index in [0.29, 0.717) is 24.8 Å². The molecule has 6 nitrogen and oxygen atoms in total. The lowest BCUT2D eigenvalue weighted by Gasteiger charge is -2.07. The molecule has 0 heterocycles. The van der Waals surface area contributed by atoms with Crippen molar-refractivity contribution in [2.45, 2.75) is 39.7 Å². The summed E-state index contributed by atoms with van der Waals surface area (Å²) in [4.78, 5) is 36.0. The molecule has 0 aliphatic heterocycles. The number of hydrogen-bond donors (Lipinski definition) is 0. The Hall–Kier alpha value is -3.41. The summed E-state index contributed by atoms with van der Waals surface area (Å²) in [7, 11) is 0. The molecule has 0 radical (unpaired) electrons. The lowest BCUT2D eigenvalue weighted by molar-refractivity contribution is -0.147. The van der Waals surface area contributed by atoms with Gasteiger partial charge in [-0.15, -0.1) is 0 Å². The highest BCUT2D eigenvalue weighted by Crippen LogP contribution is 2.14. The van der Waals surface area contributed by atoms with Gasteiger partial charge in [-0.05, 0) is 49.5 Å². The molecule has 0 bridgehead atoms. The molecular formula is C25H28O6. The van der Waals surface area contributed by atoms with E-state index in [-0.39, 0.29) is 31.4 Å². The monoisotopic (exact) mass is 424 g/mol. The fraction of sp³-hybridized carbons (Fsp3) is 0.320. The van der Waals surface area contributed by atoms with Crippen molar-refractivity contribution in [1.29, 1.82) is 0 Å². The Morgan fingerprint density at radius 3 is 1.97 bits per heavy atom. The van der Waals surface area contributed by atoms with E-state index in [4.69, 9.17) is 14.2 Å². The molecule has 2 aromatic carbocycles. The molecule has 0 atom stereocenters. The molecule has 31 heavy (non-hydrogen) atoms. The second-order valence-electron chi connectivity index (χ2n) is 6.74. The Balaban J connectivity index is 1.87. The summed E-state index contributed by atoms with van der Waals surface area (Å²) >= 11 is 0. The van der Waals surface area contributed by atoms with Crippen molar-refractivity contribution in [2.75, 3.05) is 13.2 Å². The maximum atomic E-state index is 12.0. The van der Waals surface area contributed by atoms with Crippen molar-refractivity contribution < 1.29 is 28.6 Å². The zero-order chi connectivity index (χ0) is 22.5. The summed E-state index contributed by atoms with van der Waals surface area (Å²) < 4.78 is 15.2. The smallest absolute Gasteiger partial charge is 0.345 e. The van der Waals surface area contributed by atoms with E-state index >= 15 is 0 Å². The lowest BCUT2D eigenvalue weighted by atomic mass is 10.0. The van der Waals surface area contributed by atoms with Crippen LogP contribution in [0.25, 0.3) is 6.08 Å². The van der Waals surface area contributed by atoms with Crippen LogP contribution < -0.4 is 0 Å². The normalized spacial score (nSPS) is 10.1. The second-order valence-corrected chi connectivity index (χ2v) is 6.74. The molecule has 2 aromatic rings. The van der Waals surface area contributed by atoms with Crippen LogP contribution in [-0.2, 0) is 41.6 Å². The molecule has 0 saturated carbocycles. The van der Waals surface area contributed by atoms with Crippen LogP contribution in [0.2, 0.25) is 0 Å². The first-order valence-electron chi connectivity index (χ1n) is 10.4. The second kappa shape index (κ2) is 13.0. The Morgan fingerprint density at radius 1 is 0.774 bits per heavy atom. The molecule has 164 valence electrons. The molecule has 0 N–H and O–H groups in total. The molecule has 0 spiro atoms. The number of benzene rings is 2. The van der Waals surface area contributed by atoms with Crippen LogP contribution in [0.3, 0.4) is 0 Å². The molecule has 0 aliphatic rings. The van der Waals surface area contributed by atoms with Gasteiger partial charge in [0.05, 0.1) is 13.2 Å². The Labute approximate surface area is 182 Å². The van der Waals surface area contributed by atoms with Gasteiger partial charge in [0.15, 0.2) is 0 Å². The third-order valence-corrected chi connectivity index (χ3v) is 4.37. The van der Waals surface area contributed by atoms with Gasteiger partial charge in [-0.2, -0.15) is 0 Å². The lowest BCUT2D eigenvalue weighted by Crippen LogP contribution is -2.18. The van der Waals surface area contributed by atoms with Gasteiger partial charge >= 0.3 is 17.9 Å². The van der Waals surface area contributed by atoms with E-state index in [2.05, 4.69) is 0 Å². The van der Waals surface area contributed by atoms with E-state index in [0.717, 1.165) is 11.1 Å². The first kappa shape index (κ1) is 23.9. The third kappa shape index (κ3) is 8.46. The predicted molar refractivity (Wildman–Crippen MR) is 117 cm³/mol. The van der Waals surface area contributed by atoms with Gasteiger partial charge in [0.2, 0.25) is 0 Å². The Morgan fingerprint density at radius 2 is 1.39 bits per heavy atom. The summed E-state index contributed by atoms with van der Waals surface area (Å²) in [5, 5.41) is 0. The van der Waals surface area contributed by atoms with Crippen molar-refractivity contribution in [3.05, 3.63) is 76.9 Å². The van der Waals surface area contributed by atoms with Crippen LogP contribution in [0.4, 0.5) is 0 Å². The maximum Gasteiger partial charge on any atom is 0.345 e. The van der Waals surface area contributed by atoms with E-state index < -0.39 is 11.9 Å². The Bertz CT molecular complexity index is 864. The number of esters is 3. The molecule has 0 unspecified atom stereocenters. The van der Waals surface area contributed by atoms with Crippen molar-refractivity contribution in [1.82, 2.24) is 0 Å². The van der Waals surface area contributed by atoms with Crippen LogP contribution >= 0.6 is 0 Å². The first-order chi connectivity index (χ1) is 15.0. The van der Waals surface area contributed by atoms with Gasteiger partial charge in [-0.3, -0.25) is 4.79 Å². The molecule has 0 aromatic heterocycles. The predicted octanol–water partition coefficient (Wildman–Crippen LogP) is 4.26. The minimum absolute atomic E-state index is 0.141. The van der Waals surface area contributed by atoms with Crippen LogP contribution in [-0.4, -0.2) is 31.1 Å². The van der Waals surface area contributed by atoms with E-state index in [1.807, 2.05) is 54.6 Å². The number of ether oxygens (including phenoxy) is 3. The van der Waals surface area contributed by atoms with Gasteiger partial charge < -0.3 is 14.2 Å². The van der Waals surface area contributed by atoms with Crippen molar-refractivity contribution in [2.24, 2.45) is 0 Å². The average molecular weight is 424 g/mol. The number of carbonyl (C=O) groups is 3. The zero-order valence-electron chi connectivity index (χ0n) is 18.0. The quantitative estimate of drug-likeness (QED) is 0.176. The SMILES string of the molecule is CCOC(=O)C(=Cc1ccc(CCCC(=O)OCc2ccccc2)cc1)C(=O)OCC. The van der Waals surface area contributed by atoms with Crippen molar-refractivity contribution in [3.8, 4) is 0 Å². The van der Waals surface area contributed by atoms with Gasteiger partial charge in [-0.1, -0.05) is 54.6 Å². The van der Waals surface area contributed by atoms with Gasteiger partial charge in [0.25, 0.3) is 0 Å². The largest absolute Gasteiger partial charge is 0.462 e. The third-order valence-electron chi connectivity index (χ3n) is 4.37. The van der Waals surface area contributed by atoms with Crippen LogP contribution in [0.5, 0.6) is 0 Å². The molecule has 0 amide bonds. The summed E-state index contributed by atoms with van der Waals surface area (Å²) in [6.45, 7) is 3.97. The van der Waals surface area contributed by atoms with Crippen LogP contribution in [0.15, 0.2) is 60.2 Å².